The van der Waals surface area contributed by atoms with Crippen LogP contribution in [0.3, 0.4) is 0 Å². The van der Waals surface area contributed by atoms with Gasteiger partial charge in [0.05, 0.1) is 0 Å². The van der Waals surface area contributed by atoms with Crippen LogP contribution in [0.1, 0.15) is 37.3 Å². The van der Waals surface area contributed by atoms with Crippen molar-refractivity contribution >= 4 is 0 Å². The lowest BCUT2D eigenvalue weighted by molar-refractivity contribution is 0.428. The molecule has 0 saturated heterocycles. The molecule has 0 aliphatic rings. The molecule has 0 fully saturated rings. The largest absolute Gasteiger partial charge is 0.313 e. The zero-order chi connectivity index (χ0) is 14.2. The van der Waals surface area contributed by atoms with Gasteiger partial charge in [-0.2, -0.15) is 0 Å². The Labute approximate surface area is 122 Å². The Kier molecular flexibility index (Phi) is 5.75. The second kappa shape index (κ2) is 7.81. The van der Waals surface area contributed by atoms with Gasteiger partial charge >= 0.3 is 0 Å². The molecule has 0 aliphatic carbocycles. The van der Waals surface area contributed by atoms with Crippen LogP contribution in [0, 0.1) is 0 Å². The van der Waals surface area contributed by atoms with Gasteiger partial charge in [-0.3, -0.25) is 4.98 Å². The summed E-state index contributed by atoms with van der Waals surface area (Å²) < 4.78 is 0. The average Bonchev–Trinajstić information content (AvgIpc) is 2.50. The average molecular weight is 268 g/mol. The Morgan fingerprint density at radius 2 is 1.70 bits per heavy atom. The summed E-state index contributed by atoms with van der Waals surface area (Å²) >= 11 is 0. The second-order valence-corrected chi connectivity index (χ2v) is 5.15. The number of hydrogen-bond acceptors (Lipinski definition) is 2. The van der Waals surface area contributed by atoms with Crippen LogP contribution in [0.15, 0.2) is 54.9 Å². The van der Waals surface area contributed by atoms with Crippen molar-refractivity contribution in [1.82, 2.24) is 10.3 Å². The van der Waals surface area contributed by atoms with Crippen LogP contribution < -0.4 is 5.32 Å². The Morgan fingerprint density at radius 1 is 1.00 bits per heavy atom. The number of rotatable bonds is 7. The van der Waals surface area contributed by atoms with Crippen LogP contribution >= 0.6 is 0 Å². The lowest BCUT2D eigenvalue weighted by Crippen LogP contribution is -2.36. The van der Waals surface area contributed by atoms with Gasteiger partial charge in [-0.05, 0) is 48.6 Å². The highest BCUT2D eigenvalue weighted by Gasteiger charge is 2.21. The summed E-state index contributed by atoms with van der Waals surface area (Å²) in [5.74, 6) is 0.546. The number of nitrogens with one attached hydrogen (secondary N) is 1. The number of nitrogens with zero attached hydrogens (tertiary/aromatic N) is 1. The van der Waals surface area contributed by atoms with E-state index in [-0.39, 0.29) is 0 Å². The highest BCUT2D eigenvalue weighted by molar-refractivity contribution is 5.23. The third kappa shape index (κ3) is 3.91. The van der Waals surface area contributed by atoms with E-state index >= 15 is 0 Å². The summed E-state index contributed by atoms with van der Waals surface area (Å²) in [4.78, 5) is 4.10. The first-order chi connectivity index (χ1) is 9.85. The lowest BCUT2D eigenvalue weighted by atomic mass is 9.86. The van der Waals surface area contributed by atoms with Gasteiger partial charge in [0.25, 0.3) is 0 Å². The minimum Gasteiger partial charge on any atom is -0.313 e. The fourth-order valence-electron chi connectivity index (χ4n) is 2.84. The molecule has 2 heteroatoms. The molecule has 2 rings (SSSR count). The molecule has 106 valence electrons. The van der Waals surface area contributed by atoms with Crippen molar-refractivity contribution in [3.63, 3.8) is 0 Å². The van der Waals surface area contributed by atoms with Crippen molar-refractivity contribution < 1.29 is 0 Å². The Morgan fingerprint density at radius 3 is 2.30 bits per heavy atom. The molecule has 0 amide bonds. The number of pyridine rings is 1. The molecule has 0 aliphatic heterocycles. The minimum absolute atomic E-state index is 0.467. The van der Waals surface area contributed by atoms with Gasteiger partial charge in [0.2, 0.25) is 0 Å². The topological polar surface area (TPSA) is 24.9 Å². The molecule has 0 bridgehead atoms. The van der Waals surface area contributed by atoms with Gasteiger partial charge in [0.15, 0.2) is 0 Å². The first kappa shape index (κ1) is 14.7. The highest BCUT2D eigenvalue weighted by atomic mass is 14.9. The van der Waals surface area contributed by atoms with Crippen LogP contribution in [-0.2, 0) is 6.42 Å². The van der Waals surface area contributed by atoms with Crippen LogP contribution in [0.25, 0.3) is 0 Å². The van der Waals surface area contributed by atoms with Crippen molar-refractivity contribution in [3.8, 4) is 0 Å². The maximum atomic E-state index is 4.10. The molecule has 0 saturated carbocycles. The lowest BCUT2D eigenvalue weighted by Gasteiger charge is -2.27. The maximum absolute atomic E-state index is 4.10. The fraction of sp³-hybridized carbons (Fsp3) is 0.389. The van der Waals surface area contributed by atoms with E-state index in [1.54, 1.807) is 0 Å². The summed E-state index contributed by atoms with van der Waals surface area (Å²) in [5, 5.41) is 3.66. The first-order valence-electron chi connectivity index (χ1n) is 7.52. The third-order valence-electron chi connectivity index (χ3n) is 3.82. The molecule has 20 heavy (non-hydrogen) atoms. The summed E-state index contributed by atoms with van der Waals surface area (Å²) in [6.07, 6.45) is 5.94. The van der Waals surface area contributed by atoms with Crippen LogP contribution in [-0.4, -0.2) is 17.6 Å². The van der Waals surface area contributed by atoms with E-state index in [0.717, 1.165) is 19.4 Å². The zero-order valence-corrected chi connectivity index (χ0v) is 12.4. The predicted octanol–water partition coefficient (Wildman–Crippen LogP) is 3.80. The van der Waals surface area contributed by atoms with Crippen molar-refractivity contribution in [2.75, 3.05) is 6.54 Å². The number of benzene rings is 1. The number of aromatic nitrogens is 1. The quantitative estimate of drug-likeness (QED) is 0.826. The maximum Gasteiger partial charge on any atom is 0.0270 e. The molecule has 2 aromatic rings. The van der Waals surface area contributed by atoms with Crippen molar-refractivity contribution in [3.05, 3.63) is 66.0 Å². The molecule has 1 N–H and O–H groups in total. The molecule has 2 unspecified atom stereocenters. The number of likely N-dealkylation sites (N-methyl/N-ethyl adjacent to an activating group) is 1. The van der Waals surface area contributed by atoms with E-state index in [1.165, 1.54) is 11.1 Å². The van der Waals surface area contributed by atoms with E-state index in [9.17, 15) is 0 Å². The fourth-order valence-corrected chi connectivity index (χ4v) is 2.84. The highest BCUT2D eigenvalue weighted by Crippen LogP contribution is 2.25. The molecule has 0 spiro atoms. The van der Waals surface area contributed by atoms with Crippen molar-refractivity contribution in [2.45, 2.75) is 38.6 Å². The van der Waals surface area contributed by atoms with Crippen molar-refractivity contribution in [1.29, 1.82) is 0 Å². The third-order valence-corrected chi connectivity index (χ3v) is 3.82. The van der Waals surface area contributed by atoms with E-state index in [2.05, 4.69) is 66.6 Å². The van der Waals surface area contributed by atoms with Crippen LogP contribution in [0.2, 0.25) is 0 Å². The first-order valence-corrected chi connectivity index (χ1v) is 7.52. The van der Waals surface area contributed by atoms with Gasteiger partial charge in [0, 0.05) is 18.4 Å². The SMILES string of the molecule is CCNC(Cc1ccncc1)C(CC)c1ccccc1. The van der Waals surface area contributed by atoms with E-state index in [0.29, 0.717) is 12.0 Å². The minimum atomic E-state index is 0.467. The van der Waals surface area contributed by atoms with E-state index in [4.69, 9.17) is 0 Å². The molecular formula is C18H24N2. The van der Waals surface area contributed by atoms with E-state index < -0.39 is 0 Å². The second-order valence-electron chi connectivity index (χ2n) is 5.15. The molecule has 0 radical (unpaired) electrons. The van der Waals surface area contributed by atoms with Gasteiger partial charge in [0.1, 0.15) is 0 Å². The van der Waals surface area contributed by atoms with Gasteiger partial charge in [-0.15, -0.1) is 0 Å². The standard InChI is InChI=1S/C18H24N2/c1-3-17(16-8-6-5-7-9-16)18(20-4-2)14-15-10-12-19-13-11-15/h5-13,17-18,20H,3-4,14H2,1-2H3. The van der Waals surface area contributed by atoms with Crippen LogP contribution in [0.4, 0.5) is 0 Å². The Bertz CT molecular complexity index is 481. The zero-order valence-electron chi connectivity index (χ0n) is 12.4. The smallest absolute Gasteiger partial charge is 0.0270 e. The van der Waals surface area contributed by atoms with Crippen molar-refractivity contribution in [2.24, 2.45) is 0 Å². The van der Waals surface area contributed by atoms with Crippen LogP contribution in [0.5, 0.6) is 0 Å². The summed E-state index contributed by atoms with van der Waals surface area (Å²) in [5.41, 5.74) is 2.77. The summed E-state index contributed by atoms with van der Waals surface area (Å²) in [6.45, 7) is 5.45. The van der Waals surface area contributed by atoms with Gasteiger partial charge < -0.3 is 5.32 Å². The van der Waals surface area contributed by atoms with Gasteiger partial charge in [-0.1, -0.05) is 44.2 Å². The molecule has 1 aromatic heterocycles. The van der Waals surface area contributed by atoms with E-state index in [1.807, 2.05) is 12.4 Å². The molecule has 2 nitrogen and oxygen atoms in total. The normalized spacial score (nSPS) is 13.9. The molecule has 1 heterocycles. The number of hydrogen-bond donors (Lipinski definition) is 1. The Hall–Kier alpha value is -1.67. The summed E-state index contributed by atoms with van der Waals surface area (Å²) in [6, 6.07) is 15.5. The molecule has 2 atom stereocenters. The predicted molar refractivity (Wildman–Crippen MR) is 84.9 cm³/mol. The molecular weight excluding hydrogens is 244 g/mol. The summed E-state index contributed by atoms with van der Waals surface area (Å²) in [7, 11) is 0. The monoisotopic (exact) mass is 268 g/mol. The van der Waals surface area contributed by atoms with Gasteiger partial charge in [-0.25, -0.2) is 0 Å². The molecule has 1 aromatic carbocycles. The Balaban J connectivity index is 2.17.